The van der Waals surface area contributed by atoms with Crippen LogP contribution in [-0.4, -0.2) is 18.4 Å². The summed E-state index contributed by atoms with van der Waals surface area (Å²) in [4.78, 5) is 23.5. The van der Waals surface area contributed by atoms with Crippen molar-refractivity contribution in [2.75, 3.05) is 11.9 Å². The van der Waals surface area contributed by atoms with E-state index in [0.29, 0.717) is 17.3 Å². The van der Waals surface area contributed by atoms with E-state index in [0.717, 1.165) is 6.42 Å². The van der Waals surface area contributed by atoms with Gasteiger partial charge in [-0.25, -0.2) is 0 Å². The molecule has 0 bridgehead atoms. The number of hydrogen-bond acceptors (Lipinski definition) is 2. The third-order valence-electron chi connectivity index (χ3n) is 2.30. The first-order valence-corrected chi connectivity index (χ1v) is 7.47. The van der Waals surface area contributed by atoms with Gasteiger partial charge in [0, 0.05) is 12.2 Å². The second kappa shape index (κ2) is 8.49. The summed E-state index contributed by atoms with van der Waals surface area (Å²) in [5.41, 5.74) is 0.381. The van der Waals surface area contributed by atoms with Gasteiger partial charge in [0.25, 0.3) is 11.8 Å². The molecule has 0 aromatic heterocycles. The molecule has 1 rings (SSSR count). The zero-order valence-electron chi connectivity index (χ0n) is 11.0. The fourth-order valence-corrected chi connectivity index (χ4v) is 1.86. The molecule has 0 spiro atoms. The van der Waals surface area contributed by atoms with E-state index in [1.165, 1.54) is 12.1 Å². The van der Waals surface area contributed by atoms with Crippen molar-refractivity contribution in [3.63, 3.8) is 0 Å². The van der Waals surface area contributed by atoms with Crippen molar-refractivity contribution in [1.29, 1.82) is 0 Å². The molecule has 8 heteroatoms. The standard InChI is InChI=1S/C13H12Cl4N2O2/c1-2-5-18-12(20)10(16)11(17)13(21)19-7-3-4-8(14)9(15)6-7/h3-4,6H,2,5H2,1H3,(H,18,20)(H,19,21)/b11-10-. The first kappa shape index (κ1) is 18.1. The van der Waals surface area contributed by atoms with Gasteiger partial charge in [-0.15, -0.1) is 0 Å². The molecule has 114 valence electrons. The minimum absolute atomic E-state index is 0.279. The summed E-state index contributed by atoms with van der Waals surface area (Å²) in [5, 5.41) is 4.84. The third-order valence-corrected chi connectivity index (χ3v) is 3.86. The Balaban J connectivity index is 2.81. The molecule has 0 aliphatic carbocycles. The molecule has 1 aromatic rings. The van der Waals surface area contributed by atoms with Gasteiger partial charge in [0.15, 0.2) is 0 Å². The van der Waals surface area contributed by atoms with E-state index in [1.54, 1.807) is 6.07 Å². The average molecular weight is 370 g/mol. The van der Waals surface area contributed by atoms with Crippen LogP contribution in [0.15, 0.2) is 28.3 Å². The third kappa shape index (κ3) is 5.40. The number of carbonyl (C=O) groups excluding carboxylic acids is 2. The molecule has 2 N–H and O–H groups in total. The van der Waals surface area contributed by atoms with Crippen LogP contribution in [0, 0.1) is 0 Å². The van der Waals surface area contributed by atoms with E-state index >= 15 is 0 Å². The second-order valence-electron chi connectivity index (χ2n) is 3.97. The van der Waals surface area contributed by atoms with E-state index < -0.39 is 16.8 Å². The second-order valence-corrected chi connectivity index (χ2v) is 5.54. The van der Waals surface area contributed by atoms with E-state index in [1.807, 2.05) is 6.92 Å². The SMILES string of the molecule is CCCNC(=O)/C(Cl)=C(/Cl)C(=O)Nc1ccc(Cl)c(Cl)c1. The molecule has 0 heterocycles. The molecule has 0 saturated carbocycles. The van der Waals surface area contributed by atoms with Crippen LogP contribution in [0.2, 0.25) is 10.0 Å². The van der Waals surface area contributed by atoms with Crippen molar-refractivity contribution in [2.24, 2.45) is 0 Å². The fourth-order valence-electron chi connectivity index (χ4n) is 1.28. The molecule has 0 unspecified atom stereocenters. The first-order chi connectivity index (χ1) is 9.86. The topological polar surface area (TPSA) is 58.2 Å². The van der Waals surface area contributed by atoms with E-state index in [9.17, 15) is 9.59 Å². The Labute approximate surface area is 142 Å². The number of anilines is 1. The molecule has 2 amide bonds. The van der Waals surface area contributed by atoms with Crippen LogP contribution in [-0.2, 0) is 9.59 Å². The maximum absolute atomic E-state index is 11.9. The van der Waals surface area contributed by atoms with Crippen LogP contribution in [0.25, 0.3) is 0 Å². The van der Waals surface area contributed by atoms with Crippen molar-refractivity contribution < 1.29 is 9.59 Å². The van der Waals surface area contributed by atoms with Gasteiger partial charge in [0.05, 0.1) is 10.0 Å². The molecule has 0 saturated heterocycles. The van der Waals surface area contributed by atoms with Gasteiger partial charge < -0.3 is 10.6 Å². The maximum Gasteiger partial charge on any atom is 0.268 e. The normalized spacial score (nSPS) is 11.7. The largest absolute Gasteiger partial charge is 0.351 e. The minimum atomic E-state index is -0.716. The van der Waals surface area contributed by atoms with Gasteiger partial charge in [-0.2, -0.15) is 0 Å². The number of halogens is 4. The molecule has 0 radical (unpaired) electrons. The summed E-state index contributed by atoms with van der Waals surface area (Å²) in [7, 11) is 0. The van der Waals surface area contributed by atoms with E-state index in [-0.39, 0.29) is 10.1 Å². The van der Waals surface area contributed by atoms with Crippen LogP contribution < -0.4 is 10.6 Å². The Morgan fingerprint density at radius 3 is 2.24 bits per heavy atom. The number of benzene rings is 1. The van der Waals surface area contributed by atoms with Crippen molar-refractivity contribution in [1.82, 2.24) is 5.32 Å². The molecular formula is C13H12Cl4N2O2. The zero-order valence-corrected chi connectivity index (χ0v) is 14.0. The fraction of sp³-hybridized carbons (Fsp3) is 0.231. The molecule has 0 atom stereocenters. The average Bonchev–Trinajstić information content (AvgIpc) is 2.46. The number of carbonyl (C=O) groups is 2. The highest BCUT2D eigenvalue weighted by atomic mass is 35.5. The lowest BCUT2D eigenvalue weighted by atomic mass is 10.3. The Morgan fingerprint density at radius 1 is 1.05 bits per heavy atom. The van der Waals surface area contributed by atoms with Crippen molar-refractivity contribution in [3.05, 3.63) is 38.3 Å². The number of nitrogens with one attached hydrogen (secondary N) is 2. The molecule has 1 aromatic carbocycles. The van der Waals surface area contributed by atoms with Crippen LogP contribution in [0.1, 0.15) is 13.3 Å². The summed E-state index contributed by atoms with van der Waals surface area (Å²) in [6.07, 6.45) is 0.739. The van der Waals surface area contributed by atoms with E-state index in [2.05, 4.69) is 10.6 Å². The highest BCUT2D eigenvalue weighted by Gasteiger charge is 2.18. The lowest BCUT2D eigenvalue weighted by Crippen LogP contribution is -2.26. The maximum atomic E-state index is 11.9. The predicted molar refractivity (Wildman–Crippen MR) is 87.1 cm³/mol. The van der Waals surface area contributed by atoms with Gasteiger partial charge in [0.2, 0.25) is 0 Å². The summed E-state index contributed by atoms with van der Waals surface area (Å²) in [6.45, 7) is 2.32. The highest BCUT2D eigenvalue weighted by Crippen LogP contribution is 2.26. The molecule has 0 aliphatic heterocycles. The Hall–Kier alpha value is -0.940. The molecule has 0 fully saturated rings. The lowest BCUT2D eigenvalue weighted by molar-refractivity contribution is -0.117. The van der Waals surface area contributed by atoms with Crippen LogP contribution in [0.4, 0.5) is 5.69 Å². The number of amides is 2. The van der Waals surface area contributed by atoms with Crippen LogP contribution >= 0.6 is 46.4 Å². The first-order valence-electron chi connectivity index (χ1n) is 5.96. The monoisotopic (exact) mass is 368 g/mol. The summed E-state index contributed by atoms with van der Waals surface area (Å²) in [5.74, 6) is -1.32. The summed E-state index contributed by atoms with van der Waals surface area (Å²) >= 11 is 23.1. The van der Waals surface area contributed by atoms with Crippen LogP contribution in [0.5, 0.6) is 0 Å². The van der Waals surface area contributed by atoms with Gasteiger partial charge >= 0.3 is 0 Å². The van der Waals surface area contributed by atoms with Gasteiger partial charge in [-0.3, -0.25) is 9.59 Å². The summed E-state index contributed by atoms with van der Waals surface area (Å²) < 4.78 is 0. The number of rotatable bonds is 5. The van der Waals surface area contributed by atoms with Crippen molar-refractivity contribution in [3.8, 4) is 0 Å². The Bertz CT molecular complexity index is 588. The highest BCUT2D eigenvalue weighted by molar-refractivity contribution is 6.54. The smallest absolute Gasteiger partial charge is 0.268 e. The molecular weight excluding hydrogens is 358 g/mol. The summed E-state index contributed by atoms with van der Waals surface area (Å²) in [6, 6.07) is 4.52. The van der Waals surface area contributed by atoms with Crippen LogP contribution in [0.3, 0.4) is 0 Å². The van der Waals surface area contributed by atoms with Gasteiger partial charge in [-0.1, -0.05) is 53.3 Å². The lowest BCUT2D eigenvalue weighted by Gasteiger charge is -2.07. The zero-order chi connectivity index (χ0) is 16.0. The van der Waals surface area contributed by atoms with Gasteiger partial charge in [0.1, 0.15) is 10.1 Å². The molecule has 0 aliphatic rings. The van der Waals surface area contributed by atoms with Crippen molar-refractivity contribution in [2.45, 2.75) is 13.3 Å². The molecule has 21 heavy (non-hydrogen) atoms. The predicted octanol–water partition coefficient (Wildman–Crippen LogP) is 4.15. The Morgan fingerprint density at radius 2 is 1.67 bits per heavy atom. The minimum Gasteiger partial charge on any atom is -0.351 e. The van der Waals surface area contributed by atoms with Gasteiger partial charge in [-0.05, 0) is 24.6 Å². The van der Waals surface area contributed by atoms with Crippen molar-refractivity contribution >= 4 is 63.9 Å². The quantitative estimate of drug-likeness (QED) is 0.766. The molecule has 4 nitrogen and oxygen atoms in total. The number of hydrogen-bond donors (Lipinski definition) is 2. The Kier molecular flexibility index (Phi) is 7.32. The van der Waals surface area contributed by atoms with E-state index in [4.69, 9.17) is 46.4 Å².